The van der Waals surface area contributed by atoms with Gasteiger partial charge >= 0.3 is 0 Å². The Bertz CT molecular complexity index is 860. The minimum atomic E-state index is 1.15. The number of nitrogens with zero attached hydrogens (tertiary/aromatic N) is 1. The van der Waals surface area contributed by atoms with E-state index in [2.05, 4.69) is 58.6 Å². The maximum absolute atomic E-state index is 4.17. The average molecular weight is 244 g/mol. The molecule has 19 heavy (non-hydrogen) atoms. The quantitative estimate of drug-likeness (QED) is 0.528. The Kier molecular flexibility index (Phi) is 2.15. The van der Waals surface area contributed by atoms with Crippen LogP contribution in [-0.2, 0) is 0 Å². The molecule has 0 aliphatic heterocycles. The van der Waals surface area contributed by atoms with Gasteiger partial charge in [-0.1, -0.05) is 30.3 Å². The maximum Gasteiger partial charge on any atom is 0.0467 e. The van der Waals surface area contributed by atoms with Gasteiger partial charge in [0.1, 0.15) is 0 Å². The fraction of sp³-hybridized carbons (Fsp3) is 0. The second-order valence-corrected chi connectivity index (χ2v) is 4.69. The van der Waals surface area contributed by atoms with Gasteiger partial charge in [0.25, 0.3) is 0 Å². The van der Waals surface area contributed by atoms with Crippen molar-refractivity contribution in [1.82, 2.24) is 9.97 Å². The lowest BCUT2D eigenvalue weighted by molar-refractivity contribution is 1.36. The molecule has 1 N–H and O–H groups in total. The van der Waals surface area contributed by atoms with Gasteiger partial charge in [-0.3, -0.25) is 4.98 Å². The molecule has 2 heteroatoms. The third-order valence-corrected chi connectivity index (χ3v) is 3.52. The van der Waals surface area contributed by atoms with Crippen molar-refractivity contribution in [3.05, 3.63) is 67.1 Å². The van der Waals surface area contributed by atoms with E-state index in [0.29, 0.717) is 0 Å². The van der Waals surface area contributed by atoms with Crippen molar-refractivity contribution in [3.8, 4) is 11.1 Å². The van der Waals surface area contributed by atoms with E-state index in [1.54, 1.807) is 0 Å². The summed E-state index contributed by atoms with van der Waals surface area (Å²) in [6, 6.07) is 16.9. The van der Waals surface area contributed by atoms with E-state index in [1.807, 2.05) is 18.5 Å². The van der Waals surface area contributed by atoms with E-state index in [1.165, 1.54) is 21.9 Å². The van der Waals surface area contributed by atoms with E-state index in [0.717, 1.165) is 10.9 Å². The van der Waals surface area contributed by atoms with Crippen LogP contribution in [0.15, 0.2) is 67.1 Å². The monoisotopic (exact) mass is 244 g/mol. The van der Waals surface area contributed by atoms with Crippen LogP contribution in [-0.4, -0.2) is 9.97 Å². The highest BCUT2D eigenvalue weighted by molar-refractivity contribution is 6.03. The van der Waals surface area contributed by atoms with Crippen LogP contribution in [0.2, 0.25) is 0 Å². The number of H-pyrrole nitrogens is 1. The average Bonchev–Trinajstić information content (AvgIpc) is 2.88. The number of pyridine rings is 1. The van der Waals surface area contributed by atoms with E-state index in [-0.39, 0.29) is 0 Å². The third kappa shape index (κ3) is 1.61. The molecule has 0 aliphatic rings. The van der Waals surface area contributed by atoms with Crippen molar-refractivity contribution in [3.63, 3.8) is 0 Å². The highest BCUT2D eigenvalue weighted by Crippen LogP contribution is 2.31. The Morgan fingerprint density at radius 3 is 2.68 bits per heavy atom. The molecule has 2 aromatic carbocycles. The van der Waals surface area contributed by atoms with Gasteiger partial charge in [-0.2, -0.15) is 0 Å². The van der Waals surface area contributed by atoms with Crippen LogP contribution in [0.1, 0.15) is 0 Å². The molecule has 0 saturated carbocycles. The fourth-order valence-electron chi connectivity index (χ4n) is 2.56. The van der Waals surface area contributed by atoms with Gasteiger partial charge in [-0.15, -0.1) is 0 Å². The lowest BCUT2D eigenvalue weighted by Crippen LogP contribution is -1.77. The summed E-state index contributed by atoms with van der Waals surface area (Å²) in [5.41, 5.74) is 3.64. The zero-order valence-electron chi connectivity index (χ0n) is 10.3. The largest absolute Gasteiger partial charge is 0.361 e. The van der Waals surface area contributed by atoms with Gasteiger partial charge in [0.15, 0.2) is 0 Å². The molecule has 0 bridgehead atoms. The van der Waals surface area contributed by atoms with Crippen molar-refractivity contribution >= 4 is 21.7 Å². The first-order valence-electron chi connectivity index (χ1n) is 6.32. The highest BCUT2D eigenvalue weighted by atomic mass is 14.7. The summed E-state index contributed by atoms with van der Waals surface area (Å²) in [6.45, 7) is 0. The van der Waals surface area contributed by atoms with Gasteiger partial charge in [-0.05, 0) is 29.1 Å². The summed E-state index contributed by atoms with van der Waals surface area (Å²) in [5.74, 6) is 0. The van der Waals surface area contributed by atoms with Crippen LogP contribution in [0.4, 0.5) is 0 Å². The molecule has 0 aliphatic carbocycles. The predicted molar refractivity (Wildman–Crippen MR) is 79.0 cm³/mol. The summed E-state index contributed by atoms with van der Waals surface area (Å²) in [5, 5.41) is 3.64. The molecule has 0 amide bonds. The van der Waals surface area contributed by atoms with Gasteiger partial charge in [0, 0.05) is 40.4 Å². The third-order valence-electron chi connectivity index (χ3n) is 3.52. The number of hydrogen-bond donors (Lipinski definition) is 1. The Hall–Kier alpha value is -2.61. The van der Waals surface area contributed by atoms with Gasteiger partial charge in [0.2, 0.25) is 0 Å². The minimum absolute atomic E-state index is 1.15. The Morgan fingerprint density at radius 1 is 0.895 bits per heavy atom. The van der Waals surface area contributed by atoms with Crippen LogP contribution in [0.25, 0.3) is 32.8 Å². The Balaban J connectivity index is 2.05. The number of aromatic amines is 1. The molecular weight excluding hydrogens is 232 g/mol. The highest BCUT2D eigenvalue weighted by Gasteiger charge is 2.06. The van der Waals surface area contributed by atoms with Crippen LogP contribution in [0.3, 0.4) is 0 Å². The molecule has 4 aromatic rings. The molecule has 2 aromatic heterocycles. The number of benzene rings is 2. The molecule has 0 unspecified atom stereocenters. The smallest absolute Gasteiger partial charge is 0.0467 e. The van der Waals surface area contributed by atoms with Crippen LogP contribution >= 0.6 is 0 Å². The standard InChI is InChI=1S/C17H12N2/c1-2-4-12(5-3-1)16-11-19-17-9-14-10-18-7-6-13(14)8-15(16)17/h1-11,19H. The number of hydrogen-bond acceptors (Lipinski definition) is 1. The van der Waals surface area contributed by atoms with Crippen LogP contribution < -0.4 is 0 Å². The second-order valence-electron chi connectivity index (χ2n) is 4.69. The van der Waals surface area contributed by atoms with Crippen molar-refractivity contribution in [2.45, 2.75) is 0 Å². The summed E-state index contributed by atoms with van der Waals surface area (Å²) in [6.07, 6.45) is 5.81. The van der Waals surface area contributed by atoms with Crippen LogP contribution in [0.5, 0.6) is 0 Å². The summed E-state index contributed by atoms with van der Waals surface area (Å²) >= 11 is 0. The molecule has 0 spiro atoms. The summed E-state index contributed by atoms with van der Waals surface area (Å²) in [4.78, 5) is 7.52. The normalized spacial score (nSPS) is 11.2. The van der Waals surface area contributed by atoms with Crippen molar-refractivity contribution in [1.29, 1.82) is 0 Å². The number of nitrogens with one attached hydrogen (secondary N) is 1. The lowest BCUT2D eigenvalue weighted by Gasteiger charge is -2.01. The zero-order chi connectivity index (χ0) is 12.7. The number of aromatic nitrogens is 2. The van der Waals surface area contributed by atoms with E-state index in [4.69, 9.17) is 0 Å². The van der Waals surface area contributed by atoms with Crippen molar-refractivity contribution in [2.24, 2.45) is 0 Å². The predicted octanol–water partition coefficient (Wildman–Crippen LogP) is 4.38. The fourth-order valence-corrected chi connectivity index (χ4v) is 2.56. The lowest BCUT2D eigenvalue weighted by atomic mass is 10.0. The van der Waals surface area contributed by atoms with E-state index in [9.17, 15) is 0 Å². The van der Waals surface area contributed by atoms with Crippen molar-refractivity contribution in [2.75, 3.05) is 0 Å². The van der Waals surface area contributed by atoms with Crippen molar-refractivity contribution < 1.29 is 0 Å². The minimum Gasteiger partial charge on any atom is -0.361 e. The Morgan fingerprint density at radius 2 is 1.79 bits per heavy atom. The SMILES string of the molecule is c1ccc(-c2c[nH]c3cc4cnccc4cc23)cc1. The first-order chi connectivity index (χ1) is 9.42. The first kappa shape index (κ1) is 10.3. The molecule has 2 nitrogen and oxygen atoms in total. The molecule has 0 saturated heterocycles. The molecule has 0 radical (unpaired) electrons. The maximum atomic E-state index is 4.17. The summed E-state index contributed by atoms with van der Waals surface area (Å²) < 4.78 is 0. The molecule has 0 fully saturated rings. The second kappa shape index (κ2) is 3.95. The summed E-state index contributed by atoms with van der Waals surface area (Å²) in [7, 11) is 0. The first-order valence-corrected chi connectivity index (χ1v) is 6.32. The van der Waals surface area contributed by atoms with Crippen LogP contribution in [0, 0.1) is 0 Å². The molecular formula is C17H12N2. The number of fused-ring (bicyclic) bond motifs is 2. The molecule has 90 valence electrons. The number of rotatable bonds is 1. The van der Waals surface area contributed by atoms with Gasteiger partial charge in [0.05, 0.1) is 0 Å². The zero-order valence-corrected chi connectivity index (χ0v) is 10.3. The van der Waals surface area contributed by atoms with E-state index >= 15 is 0 Å². The van der Waals surface area contributed by atoms with Gasteiger partial charge in [-0.25, -0.2) is 0 Å². The molecule has 0 atom stereocenters. The van der Waals surface area contributed by atoms with Gasteiger partial charge < -0.3 is 4.98 Å². The topological polar surface area (TPSA) is 28.7 Å². The molecule has 4 rings (SSSR count). The molecule has 2 heterocycles. The van der Waals surface area contributed by atoms with E-state index < -0.39 is 0 Å². The Labute approximate surface area is 110 Å².